The van der Waals surface area contributed by atoms with Crippen LogP contribution >= 0.6 is 0 Å². The van der Waals surface area contributed by atoms with Gasteiger partial charge in [0.05, 0.1) is 5.75 Å². The van der Waals surface area contributed by atoms with Crippen LogP contribution < -0.4 is 10.3 Å². The summed E-state index contributed by atoms with van der Waals surface area (Å²) < 4.78 is 29.4. The van der Waals surface area contributed by atoms with Gasteiger partial charge in [0.15, 0.2) is 0 Å². The van der Waals surface area contributed by atoms with E-state index in [1.165, 1.54) is 6.07 Å². The zero-order valence-electron chi connectivity index (χ0n) is 17.9. The maximum absolute atomic E-state index is 13.2. The maximum atomic E-state index is 13.2. The highest BCUT2D eigenvalue weighted by Crippen LogP contribution is 2.36. The van der Waals surface area contributed by atoms with Gasteiger partial charge in [0.2, 0.25) is 10.0 Å². The summed E-state index contributed by atoms with van der Waals surface area (Å²) in [6, 6.07) is 17.5. The fourth-order valence-electron chi connectivity index (χ4n) is 4.84. The van der Waals surface area contributed by atoms with Gasteiger partial charge in [0.25, 0.3) is 11.5 Å². The number of pyridine rings is 2. The molecular weight excluding hydrogens is 440 g/mol. The molecule has 33 heavy (non-hydrogen) atoms. The first-order valence-corrected chi connectivity index (χ1v) is 12.5. The van der Waals surface area contributed by atoms with E-state index < -0.39 is 10.0 Å². The lowest BCUT2D eigenvalue weighted by Crippen LogP contribution is -2.49. The molecule has 8 nitrogen and oxygen atoms in total. The van der Waals surface area contributed by atoms with Gasteiger partial charge in [-0.2, -0.15) is 0 Å². The Balaban J connectivity index is 1.37. The van der Waals surface area contributed by atoms with E-state index >= 15 is 0 Å². The van der Waals surface area contributed by atoms with Crippen molar-refractivity contribution in [2.24, 2.45) is 5.92 Å². The highest BCUT2D eigenvalue weighted by atomic mass is 32.2. The molecular formula is C24H24N4O4S. The van der Waals surface area contributed by atoms with Crippen LogP contribution in [0.5, 0.6) is 0 Å². The van der Waals surface area contributed by atoms with Gasteiger partial charge < -0.3 is 9.47 Å². The van der Waals surface area contributed by atoms with E-state index in [-0.39, 0.29) is 34.7 Å². The number of rotatable bonds is 5. The van der Waals surface area contributed by atoms with Gasteiger partial charge in [-0.1, -0.05) is 36.4 Å². The summed E-state index contributed by atoms with van der Waals surface area (Å²) in [5.74, 6) is -0.165. The number of hydrogen-bond donors (Lipinski definition) is 1. The number of amides is 1. The number of carbonyl (C=O) groups is 1. The lowest BCUT2D eigenvalue weighted by Gasteiger charge is -2.42. The van der Waals surface area contributed by atoms with Crippen LogP contribution in [-0.2, 0) is 22.3 Å². The van der Waals surface area contributed by atoms with Crippen LogP contribution in [-0.4, -0.2) is 41.9 Å². The summed E-state index contributed by atoms with van der Waals surface area (Å²) >= 11 is 0. The average molecular weight is 465 g/mol. The van der Waals surface area contributed by atoms with Gasteiger partial charge in [-0.05, 0) is 42.2 Å². The molecule has 0 aliphatic carbocycles. The lowest BCUT2D eigenvalue weighted by atomic mass is 9.83. The summed E-state index contributed by atoms with van der Waals surface area (Å²) in [4.78, 5) is 32.0. The van der Waals surface area contributed by atoms with Crippen LogP contribution in [0.3, 0.4) is 0 Å². The summed E-state index contributed by atoms with van der Waals surface area (Å²) in [6.45, 7) is 1.50. The molecule has 0 unspecified atom stereocenters. The molecule has 2 aliphatic rings. The largest absolute Gasteiger partial charge is 0.336 e. The molecule has 9 heteroatoms. The number of nitrogens with one attached hydrogen (secondary N) is 1. The molecule has 1 N–H and O–H groups in total. The molecule has 1 fully saturated rings. The van der Waals surface area contributed by atoms with Crippen molar-refractivity contribution >= 4 is 21.6 Å². The predicted molar refractivity (Wildman–Crippen MR) is 124 cm³/mol. The number of hydrogen-bond acceptors (Lipinski definition) is 5. The molecule has 3 aromatic rings. The zero-order valence-corrected chi connectivity index (χ0v) is 18.7. The number of aromatic nitrogens is 2. The second-order valence-corrected chi connectivity index (χ2v) is 10.4. The fourth-order valence-corrected chi connectivity index (χ4v) is 6.03. The highest BCUT2D eigenvalue weighted by Gasteiger charge is 2.37. The Kier molecular flexibility index (Phi) is 5.49. The summed E-state index contributed by atoms with van der Waals surface area (Å²) in [7, 11) is -3.73. The number of fused-ring (bicyclic) bond motifs is 4. The monoisotopic (exact) mass is 464 g/mol. The normalized spacial score (nSPS) is 19.6. The van der Waals surface area contributed by atoms with Crippen molar-refractivity contribution in [2.75, 3.05) is 17.8 Å². The first kappa shape index (κ1) is 21.4. The van der Waals surface area contributed by atoms with Crippen molar-refractivity contribution in [3.05, 3.63) is 94.2 Å². The Bertz CT molecular complexity index is 1340. The van der Waals surface area contributed by atoms with Crippen LogP contribution in [0, 0.1) is 5.92 Å². The third-order valence-corrected chi connectivity index (χ3v) is 7.48. The fraction of sp³-hybridized carbons (Fsp3) is 0.292. The van der Waals surface area contributed by atoms with Crippen LogP contribution in [0.4, 0.5) is 5.69 Å². The van der Waals surface area contributed by atoms with Gasteiger partial charge >= 0.3 is 0 Å². The van der Waals surface area contributed by atoms with E-state index in [1.54, 1.807) is 59.3 Å². The van der Waals surface area contributed by atoms with Crippen molar-refractivity contribution in [3.8, 4) is 0 Å². The van der Waals surface area contributed by atoms with Gasteiger partial charge in [0, 0.05) is 37.4 Å². The Morgan fingerprint density at radius 1 is 1.00 bits per heavy atom. The minimum atomic E-state index is -3.73. The molecule has 1 saturated heterocycles. The molecule has 4 heterocycles. The summed E-state index contributed by atoms with van der Waals surface area (Å²) in [5.41, 5.74) is 1.61. The number of piperidine rings is 1. The molecule has 2 bridgehead atoms. The first-order chi connectivity index (χ1) is 15.9. The number of nitrogens with zero attached hydrogens (tertiary/aromatic N) is 3. The molecule has 2 atom stereocenters. The number of anilines is 1. The van der Waals surface area contributed by atoms with Crippen LogP contribution in [0.15, 0.2) is 71.7 Å². The third kappa shape index (κ3) is 4.41. The minimum absolute atomic E-state index is 0.0211. The standard InChI is InChI=1S/C24H24N4O4S/c29-23(20-8-4-5-11-25-20)27-13-18-12-19(15-27)22-10-9-21(24(30)28(22)14-18)26-33(31,32)16-17-6-2-1-3-7-17/h1-11,18-19,26H,12-16H2/t18-,19+/m0/s1. The Hall–Kier alpha value is -3.46. The van der Waals surface area contributed by atoms with E-state index in [1.807, 2.05) is 11.0 Å². The first-order valence-electron chi connectivity index (χ1n) is 10.9. The van der Waals surface area contributed by atoms with Gasteiger partial charge in [-0.15, -0.1) is 0 Å². The Labute approximate surface area is 191 Å². The smallest absolute Gasteiger partial charge is 0.275 e. The van der Waals surface area contributed by atoms with Crippen molar-refractivity contribution in [1.82, 2.24) is 14.5 Å². The van der Waals surface area contributed by atoms with Crippen molar-refractivity contribution in [2.45, 2.75) is 24.6 Å². The maximum Gasteiger partial charge on any atom is 0.275 e. The molecule has 1 aromatic carbocycles. The van der Waals surface area contributed by atoms with E-state index in [9.17, 15) is 18.0 Å². The lowest BCUT2D eigenvalue weighted by molar-refractivity contribution is 0.0589. The van der Waals surface area contributed by atoms with Gasteiger partial charge in [-0.25, -0.2) is 8.42 Å². The molecule has 2 aromatic heterocycles. The van der Waals surface area contributed by atoms with Gasteiger partial charge in [0.1, 0.15) is 11.4 Å². The SMILES string of the molecule is O=C(c1ccccn1)N1C[C@@H]2C[C@H](C1)c1ccc(NS(=O)(=O)Cc3ccccc3)c(=O)n1C2. The molecule has 1 amide bonds. The van der Waals surface area contributed by atoms with Crippen molar-refractivity contribution in [3.63, 3.8) is 0 Å². The van der Waals surface area contributed by atoms with Gasteiger partial charge in [-0.3, -0.25) is 19.3 Å². The predicted octanol–water partition coefficient (Wildman–Crippen LogP) is 2.44. The van der Waals surface area contributed by atoms with Crippen LogP contribution in [0.2, 0.25) is 0 Å². The van der Waals surface area contributed by atoms with E-state index in [0.717, 1.165) is 12.1 Å². The van der Waals surface area contributed by atoms with Crippen LogP contribution in [0.1, 0.15) is 34.1 Å². The zero-order chi connectivity index (χ0) is 23.0. The number of carbonyl (C=O) groups excluding carboxylic acids is 1. The van der Waals surface area contributed by atoms with E-state index in [2.05, 4.69) is 9.71 Å². The van der Waals surface area contributed by atoms with E-state index in [4.69, 9.17) is 0 Å². The summed E-state index contributed by atoms with van der Waals surface area (Å²) in [5, 5.41) is 0. The molecule has 0 spiro atoms. The van der Waals surface area contributed by atoms with E-state index in [0.29, 0.717) is 30.9 Å². The Morgan fingerprint density at radius 2 is 1.79 bits per heavy atom. The summed E-state index contributed by atoms with van der Waals surface area (Å²) in [6.07, 6.45) is 2.50. The quantitative estimate of drug-likeness (QED) is 0.625. The van der Waals surface area contributed by atoms with Crippen molar-refractivity contribution in [1.29, 1.82) is 0 Å². The van der Waals surface area contributed by atoms with Crippen LogP contribution in [0.25, 0.3) is 0 Å². The number of likely N-dealkylation sites (tertiary alicyclic amines) is 1. The number of sulfonamides is 1. The molecule has 2 aliphatic heterocycles. The molecule has 5 rings (SSSR count). The second-order valence-electron chi connectivity index (χ2n) is 8.66. The third-order valence-electron chi connectivity index (χ3n) is 6.24. The molecule has 0 radical (unpaired) electrons. The second kappa shape index (κ2) is 8.47. The average Bonchev–Trinajstić information content (AvgIpc) is 2.81. The number of benzene rings is 1. The highest BCUT2D eigenvalue weighted by molar-refractivity contribution is 7.91. The van der Waals surface area contributed by atoms with Crippen molar-refractivity contribution < 1.29 is 13.2 Å². The Morgan fingerprint density at radius 3 is 2.55 bits per heavy atom. The topological polar surface area (TPSA) is 101 Å². The molecule has 170 valence electrons. The minimum Gasteiger partial charge on any atom is -0.336 e. The molecule has 0 saturated carbocycles.